The van der Waals surface area contributed by atoms with Crippen LogP contribution < -0.4 is 0 Å². The minimum Gasteiger partial charge on any atom is -0.270 e. The molecule has 2 bridgehead atoms. The van der Waals surface area contributed by atoms with E-state index in [-0.39, 0.29) is 27.8 Å². The van der Waals surface area contributed by atoms with Crippen LogP contribution in [0.2, 0.25) is 0 Å². The summed E-state index contributed by atoms with van der Waals surface area (Å²) < 4.78 is 0.253. The van der Waals surface area contributed by atoms with Gasteiger partial charge in [0, 0.05) is 12.7 Å². The highest BCUT2D eigenvalue weighted by Gasteiger charge is 2.84. The standard InChI is InChI=1S/C23H27N2O2S/c1-18(26)24-21-22(27)25(24,23(21)28-17-20-14-7-3-8-15-20)16-10-4-9-13-19-11-5-2-6-12-19/h2-3,5-8,11-12,14-15,21,23H,4,9-10,13,16-17H2,1H3/q+1. The molecular weight excluding hydrogens is 368 g/mol. The summed E-state index contributed by atoms with van der Waals surface area (Å²) in [6.45, 7) is 2.33. The molecule has 0 saturated carbocycles. The number of rotatable bonds is 9. The van der Waals surface area contributed by atoms with Crippen LogP contribution in [0.5, 0.6) is 0 Å². The van der Waals surface area contributed by atoms with Gasteiger partial charge in [-0.2, -0.15) is 5.01 Å². The smallest absolute Gasteiger partial charge is 0.270 e. The Morgan fingerprint density at radius 2 is 1.61 bits per heavy atom. The first kappa shape index (κ1) is 19.2. The molecule has 3 heterocycles. The maximum atomic E-state index is 12.6. The second-order valence-corrected chi connectivity index (χ2v) is 8.79. The van der Waals surface area contributed by atoms with E-state index in [0.717, 1.165) is 38.0 Å². The monoisotopic (exact) mass is 395 g/mol. The lowest BCUT2D eigenvalue weighted by Gasteiger charge is -2.69. The molecule has 3 saturated heterocycles. The molecular formula is C23H27N2O2S+. The van der Waals surface area contributed by atoms with Crippen molar-refractivity contribution >= 4 is 23.6 Å². The van der Waals surface area contributed by atoms with Gasteiger partial charge in [-0.25, -0.2) is 4.79 Å². The number of benzene rings is 2. The maximum Gasteiger partial charge on any atom is 0.374 e. The van der Waals surface area contributed by atoms with Crippen molar-refractivity contribution in [3.05, 3.63) is 71.8 Å². The van der Waals surface area contributed by atoms with E-state index in [4.69, 9.17) is 0 Å². The average molecular weight is 396 g/mol. The molecule has 0 N–H and O–H groups in total. The third kappa shape index (κ3) is 3.27. The van der Waals surface area contributed by atoms with Crippen LogP contribution in [0.4, 0.5) is 0 Å². The van der Waals surface area contributed by atoms with Crippen molar-refractivity contribution in [2.24, 2.45) is 0 Å². The first-order valence-corrected chi connectivity index (χ1v) is 11.1. The van der Waals surface area contributed by atoms with Gasteiger partial charge in [0.25, 0.3) is 11.9 Å². The van der Waals surface area contributed by atoms with Crippen molar-refractivity contribution in [3.63, 3.8) is 0 Å². The number of hydrogen-bond acceptors (Lipinski definition) is 3. The number of amides is 2. The van der Waals surface area contributed by atoms with E-state index >= 15 is 0 Å². The number of carbonyl (C=O) groups excluding carboxylic acids is 2. The van der Waals surface area contributed by atoms with Gasteiger partial charge in [-0.05, 0) is 36.8 Å². The molecule has 3 unspecified atom stereocenters. The molecule has 3 aliphatic heterocycles. The summed E-state index contributed by atoms with van der Waals surface area (Å²) in [7, 11) is 0. The lowest BCUT2D eigenvalue weighted by atomic mass is 9.93. The van der Waals surface area contributed by atoms with E-state index < -0.39 is 0 Å². The van der Waals surface area contributed by atoms with Crippen LogP contribution in [0, 0.1) is 0 Å². The summed E-state index contributed by atoms with van der Waals surface area (Å²) in [6, 6.07) is 20.6. The van der Waals surface area contributed by atoms with E-state index in [0.29, 0.717) is 0 Å². The Labute approximate surface area is 171 Å². The number of quaternary nitrogens is 1. The van der Waals surface area contributed by atoms with Crippen LogP contribution in [0.15, 0.2) is 60.7 Å². The molecule has 0 aliphatic carbocycles. The highest BCUT2D eigenvalue weighted by molar-refractivity contribution is 7.99. The highest BCUT2D eigenvalue weighted by atomic mass is 32.2. The van der Waals surface area contributed by atoms with Gasteiger partial charge in [0.05, 0.1) is 0 Å². The third-order valence-corrected chi connectivity index (χ3v) is 7.32. The first-order chi connectivity index (χ1) is 13.6. The molecule has 0 aromatic heterocycles. The molecule has 2 amide bonds. The summed E-state index contributed by atoms with van der Waals surface area (Å²) in [6.07, 6.45) is 4.23. The molecule has 2 aromatic carbocycles. The number of carbonyl (C=O) groups is 2. The Kier molecular flexibility index (Phi) is 5.56. The molecule has 5 rings (SSSR count). The van der Waals surface area contributed by atoms with Crippen LogP contribution in [0.25, 0.3) is 0 Å². The van der Waals surface area contributed by atoms with Crippen LogP contribution in [-0.4, -0.2) is 39.4 Å². The molecule has 4 nitrogen and oxygen atoms in total. The van der Waals surface area contributed by atoms with Gasteiger partial charge in [-0.3, -0.25) is 4.79 Å². The number of aryl methyl sites for hydroxylation is 1. The molecule has 0 radical (unpaired) electrons. The normalized spacial score (nSPS) is 25.2. The summed E-state index contributed by atoms with van der Waals surface area (Å²) in [5.74, 6) is 1.13. The molecule has 146 valence electrons. The fourth-order valence-corrected chi connectivity index (χ4v) is 5.97. The van der Waals surface area contributed by atoms with Crippen molar-refractivity contribution < 1.29 is 14.2 Å². The van der Waals surface area contributed by atoms with E-state index in [9.17, 15) is 9.59 Å². The van der Waals surface area contributed by atoms with E-state index in [1.807, 2.05) is 36.0 Å². The zero-order chi connectivity index (χ0) is 19.6. The highest BCUT2D eigenvalue weighted by Crippen LogP contribution is 2.55. The predicted molar refractivity (Wildman–Crippen MR) is 112 cm³/mol. The molecule has 3 fully saturated rings. The van der Waals surface area contributed by atoms with Gasteiger partial charge >= 0.3 is 5.91 Å². The van der Waals surface area contributed by atoms with Crippen molar-refractivity contribution in [3.8, 4) is 0 Å². The Morgan fingerprint density at radius 1 is 0.964 bits per heavy atom. The number of unbranched alkanes of at least 4 members (excludes halogenated alkanes) is 2. The number of hydrogen-bond donors (Lipinski definition) is 0. The summed E-state index contributed by atoms with van der Waals surface area (Å²) in [5.41, 5.74) is 2.63. The van der Waals surface area contributed by atoms with Crippen LogP contribution in [0.3, 0.4) is 0 Å². The van der Waals surface area contributed by atoms with Crippen LogP contribution in [-0.2, 0) is 21.8 Å². The predicted octanol–water partition coefficient (Wildman–Crippen LogP) is 4.16. The van der Waals surface area contributed by atoms with Gasteiger partial charge in [-0.15, -0.1) is 4.59 Å². The van der Waals surface area contributed by atoms with Gasteiger partial charge in [0.1, 0.15) is 6.54 Å². The van der Waals surface area contributed by atoms with Crippen molar-refractivity contribution in [2.75, 3.05) is 6.54 Å². The third-order valence-electron chi connectivity index (χ3n) is 5.87. The zero-order valence-electron chi connectivity index (χ0n) is 16.3. The minimum absolute atomic E-state index is 0.0189. The molecule has 3 atom stereocenters. The SMILES string of the molecule is CC(=O)N1C2C(=O)[N+]1(CCCCCc1ccccc1)C2SCc1ccccc1. The van der Waals surface area contributed by atoms with Crippen LogP contribution in [0.1, 0.15) is 37.3 Å². The second-order valence-electron chi connectivity index (χ2n) is 7.68. The lowest BCUT2D eigenvalue weighted by molar-refractivity contribution is -1.07. The average Bonchev–Trinajstić information content (AvgIpc) is 2.70. The van der Waals surface area contributed by atoms with E-state index in [2.05, 4.69) is 36.4 Å². The second kappa shape index (κ2) is 8.10. The van der Waals surface area contributed by atoms with E-state index in [1.54, 1.807) is 11.9 Å². The Hall–Kier alpha value is -2.11. The van der Waals surface area contributed by atoms with Crippen molar-refractivity contribution in [1.29, 1.82) is 0 Å². The van der Waals surface area contributed by atoms with Crippen molar-refractivity contribution in [2.45, 2.75) is 49.8 Å². The van der Waals surface area contributed by atoms with E-state index in [1.165, 1.54) is 11.1 Å². The number of β-lactam (4-membered cyclic amide) rings is 1. The number of thioether (sulfide) groups is 1. The summed E-state index contributed by atoms with van der Waals surface area (Å²) in [4.78, 5) is 24.6. The first-order valence-electron chi connectivity index (χ1n) is 10.1. The summed E-state index contributed by atoms with van der Waals surface area (Å²) in [5, 5.41) is 1.99. The van der Waals surface area contributed by atoms with Crippen LogP contribution >= 0.6 is 11.8 Å². The maximum absolute atomic E-state index is 12.6. The minimum atomic E-state index is -0.212. The Balaban J connectivity index is 1.31. The topological polar surface area (TPSA) is 37.4 Å². The molecule has 28 heavy (non-hydrogen) atoms. The lowest BCUT2D eigenvalue weighted by Crippen LogP contribution is -2.99. The quantitative estimate of drug-likeness (QED) is 0.363. The fraction of sp³-hybridized carbons (Fsp3) is 0.391. The molecule has 0 spiro atoms. The molecule has 2 aromatic rings. The molecule has 3 aliphatic rings. The number of nitrogens with zero attached hydrogens (tertiary/aromatic N) is 2. The zero-order valence-corrected chi connectivity index (χ0v) is 17.1. The van der Waals surface area contributed by atoms with Crippen molar-refractivity contribution in [1.82, 2.24) is 5.01 Å². The van der Waals surface area contributed by atoms with Gasteiger partial charge in [0.15, 0.2) is 0 Å². The van der Waals surface area contributed by atoms with Gasteiger partial charge in [-0.1, -0.05) is 72.4 Å². The summed E-state index contributed by atoms with van der Waals surface area (Å²) >= 11 is 1.82. The van der Waals surface area contributed by atoms with Gasteiger partial charge in [0.2, 0.25) is 5.37 Å². The Morgan fingerprint density at radius 3 is 2.21 bits per heavy atom. The largest absolute Gasteiger partial charge is 0.374 e. The molecule has 5 heteroatoms. The van der Waals surface area contributed by atoms with Gasteiger partial charge < -0.3 is 0 Å². The fourth-order valence-electron chi connectivity index (χ4n) is 4.44. The Bertz CT molecular complexity index is 842.